The Morgan fingerprint density at radius 3 is 2.80 bits per heavy atom. The average molecular weight is 228 g/mol. The molecule has 2 aliphatic rings. The van der Waals surface area contributed by atoms with Gasteiger partial charge in [0.25, 0.3) is 0 Å². The third-order valence-corrected chi connectivity index (χ3v) is 4.85. The third-order valence-electron chi connectivity index (χ3n) is 3.46. The zero-order valence-electron chi connectivity index (χ0n) is 10.0. The Morgan fingerprint density at radius 2 is 2.07 bits per heavy atom. The van der Waals surface area contributed by atoms with E-state index >= 15 is 0 Å². The van der Waals surface area contributed by atoms with Gasteiger partial charge in [0.2, 0.25) is 0 Å². The smallest absolute Gasteiger partial charge is 0.0226 e. The highest BCUT2D eigenvalue weighted by atomic mass is 32.2. The molecule has 3 heteroatoms. The minimum atomic E-state index is -0.0377. The summed E-state index contributed by atoms with van der Waals surface area (Å²) in [5, 5.41) is 0.898. The minimum Gasteiger partial charge on any atom is -0.324 e. The highest BCUT2D eigenvalue weighted by Gasteiger charge is 2.35. The normalized spacial score (nSPS) is 33.8. The molecule has 2 nitrogen and oxygen atoms in total. The maximum Gasteiger partial charge on any atom is 0.0226 e. The summed E-state index contributed by atoms with van der Waals surface area (Å²) in [5.41, 5.74) is 6.10. The highest BCUT2D eigenvalue weighted by Crippen LogP contribution is 2.35. The molecule has 1 heterocycles. The molecule has 1 aliphatic carbocycles. The van der Waals surface area contributed by atoms with Gasteiger partial charge in [0.1, 0.15) is 0 Å². The monoisotopic (exact) mass is 228 g/mol. The molecule has 0 radical (unpaired) electrons. The molecule has 1 saturated heterocycles. The number of nitrogens with two attached hydrogens (primary N) is 1. The molecule has 0 amide bonds. The summed E-state index contributed by atoms with van der Waals surface area (Å²) in [7, 11) is 0. The fourth-order valence-corrected chi connectivity index (χ4v) is 4.40. The van der Waals surface area contributed by atoms with Gasteiger partial charge in [-0.25, -0.2) is 0 Å². The van der Waals surface area contributed by atoms with E-state index in [-0.39, 0.29) is 5.54 Å². The van der Waals surface area contributed by atoms with Gasteiger partial charge in [-0.15, -0.1) is 0 Å². The molecule has 0 spiro atoms. The van der Waals surface area contributed by atoms with Crippen molar-refractivity contribution in [2.24, 2.45) is 5.73 Å². The van der Waals surface area contributed by atoms with E-state index in [4.69, 9.17) is 5.73 Å². The van der Waals surface area contributed by atoms with Gasteiger partial charge in [0.05, 0.1) is 0 Å². The molecule has 1 saturated carbocycles. The maximum absolute atomic E-state index is 6.14. The predicted molar refractivity (Wildman–Crippen MR) is 68.3 cm³/mol. The maximum atomic E-state index is 6.14. The summed E-state index contributed by atoms with van der Waals surface area (Å²) in [6, 6.07) is 0.820. The first-order chi connectivity index (χ1) is 7.06. The van der Waals surface area contributed by atoms with Crippen molar-refractivity contribution in [1.82, 2.24) is 4.90 Å². The van der Waals surface area contributed by atoms with E-state index in [9.17, 15) is 0 Å². The largest absolute Gasteiger partial charge is 0.324 e. The van der Waals surface area contributed by atoms with E-state index in [2.05, 4.69) is 30.5 Å². The van der Waals surface area contributed by atoms with Crippen molar-refractivity contribution in [1.29, 1.82) is 0 Å². The summed E-state index contributed by atoms with van der Waals surface area (Å²) in [5.74, 6) is 1.30. The number of hydrogen-bond acceptors (Lipinski definition) is 3. The molecule has 2 unspecified atom stereocenters. The van der Waals surface area contributed by atoms with E-state index in [1.165, 1.54) is 38.0 Å². The molecule has 2 N–H and O–H groups in total. The van der Waals surface area contributed by atoms with Gasteiger partial charge in [-0.05, 0) is 26.7 Å². The summed E-state index contributed by atoms with van der Waals surface area (Å²) in [6.07, 6.45) is 5.68. The molecule has 1 aliphatic heterocycles. The van der Waals surface area contributed by atoms with Crippen LogP contribution in [0.5, 0.6) is 0 Å². The van der Waals surface area contributed by atoms with E-state index < -0.39 is 0 Å². The van der Waals surface area contributed by atoms with E-state index in [0.717, 1.165) is 17.8 Å². The molecule has 88 valence electrons. The zero-order chi connectivity index (χ0) is 10.9. The van der Waals surface area contributed by atoms with Crippen molar-refractivity contribution in [2.45, 2.75) is 56.4 Å². The summed E-state index contributed by atoms with van der Waals surface area (Å²) in [4.78, 5) is 2.65. The van der Waals surface area contributed by atoms with E-state index in [1.807, 2.05) is 0 Å². The van der Waals surface area contributed by atoms with Gasteiger partial charge >= 0.3 is 0 Å². The molecule has 0 aromatic carbocycles. The highest BCUT2D eigenvalue weighted by molar-refractivity contribution is 8.00. The molecule has 15 heavy (non-hydrogen) atoms. The van der Waals surface area contributed by atoms with E-state index in [1.54, 1.807) is 0 Å². The quantitative estimate of drug-likeness (QED) is 0.784. The first-order valence-electron chi connectivity index (χ1n) is 6.21. The number of hydrogen-bond donors (Lipinski definition) is 1. The molecular weight excluding hydrogens is 204 g/mol. The standard InChI is InChI=1S/C12H24N2S/c1-12(2,13)9-14-7-8-15-11-6-4-3-5-10(11)14/h10-11H,3-9,13H2,1-2H3. The predicted octanol–water partition coefficient (Wildman–Crippen LogP) is 2.08. The molecule has 0 aromatic rings. The number of rotatable bonds is 2. The Hall–Kier alpha value is 0.270. The lowest BCUT2D eigenvalue weighted by atomic mass is 9.92. The van der Waals surface area contributed by atoms with Gasteiger partial charge < -0.3 is 5.73 Å². The second-order valence-corrected chi connectivity index (χ2v) is 7.07. The van der Waals surface area contributed by atoms with Crippen molar-refractivity contribution >= 4 is 11.8 Å². The number of thioether (sulfide) groups is 1. The Labute approximate surface area is 98.0 Å². The molecule has 2 rings (SSSR count). The molecule has 2 atom stereocenters. The lowest BCUT2D eigenvalue weighted by Gasteiger charge is -2.45. The summed E-state index contributed by atoms with van der Waals surface area (Å²) < 4.78 is 0. The van der Waals surface area contributed by atoms with Gasteiger partial charge in [-0.3, -0.25) is 4.90 Å². The zero-order valence-corrected chi connectivity index (χ0v) is 10.9. The first-order valence-corrected chi connectivity index (χ1v) is 7.26. The van der Waals surface area contributed by atoms with Gasteiger partial charge in [0.15, 0.2) is 0 Å². The summed E-state index contributed by atoms with van der Waals surface area (Å²) >= 11 is 2.19. The van der Waals surface area contributed by atoms with E-state index in [0.29, 0.717) is 0 Å². The second-order valence-electron chi connectivity index (χ2n) is 5.72. The van der Waals surface area contributed by atoms with Crippen LogP contribution in [0.2, 0.25) is 0 Å². The van der Waals surface area contributed by atoms with Gasteiger partial charge in [-0.1, -0.05) is 12.8 Å². The number of fused-ring (bicyclic) bond motifs is 1. The third kappa shape index (κ3) is 3.11. The Morgan fingerprint density at radius 1 is 1.33 bits per heavy atom. The van der Waals surface area contributed by atoms with Crippen LogP contribution in [0.4, 0.5) is 0 Å². The molecule has 0 aromatic heterocycles. The van der Waals surface area contributed by atoms with Crippen LogP contribution in [0.1, 0.15) is 39.5 Å². The lowest BCUT2D eigenvalue weighted by Crippen LogP contribution is -2.55. The fraction of sp³-hybridized carbons (Fsp3) is 1.00. The summed E-state index contributed by atoms with van der Waals surface area (Å²) in [6.45, 7) is 6.60. The topological polar surface area (TPSA) is 29.3 Å². The fourth-order valence-electron chi connectivity index (χ4n) is 2.90. The van der Waals surface area contributed by atoms with Crippen LogP contribution in [0.3, 0.4) is 0 Å². The van der Waals surface area contributed by atoms with Crippen molar-refractivity contribution in [3.8, 4) is 0 Å². The van der Waals surface area contributed by atoms with Crippen LogP contribution in [0.15, 0.2) is 0 Å². The van der Waals surface area contributed by atoms with Crippen LogP contribution < -0.4 is 5.73 Å². The SMILES string of the molecule is CC(C)(N)CN1CCSC2CCCCC21. The first kappa shape index (κ1) is 11.7. The van der Waals surface area contributed by atoms with Crippen LogP contribution in [0, 0.1) is 0 Å². The average Bonchev–Trinajstić information content (AvgIpc) is 2.16. The molecule has 0 bridgehead atoms. The van der Waals surface area contributed by atoms with Crippen molar-refractivity contribution < 1.29 is 0 Å². The van der Waals surface area contributed by atoms with Crippen molar-refractivity contribution in [2.75, 3.05) is 18.8 Å². The second kappa shape index (κ2) is 4.64. The molecule has 2 fully saturated rings. The van der Waals surface area contributed by atoms with Gasteiger partial charge in [0, 0.05) is 35.7 Å². The van der Waals surface area contributed by atoms with Crippen LogP contribution >= 0.6 is 11.8 Å². The number of nitrogens with zero attached hydrogens (tertiary/aromatic N) is 1. The van der Waals surface area contributed by atoms with Crippen LogP contribution in [-0.4, -0.2) is 40.6 Å². The van der Waals surface area contributed by atoms with Crippen molar-refractivity contribution in [3.05, 3.63) is 0 Å². The Balaban J connectivity index is 1.97. The molecular formula is C12H24N2S. The van der Waals surface area contributed by atoms with Crippen LogP contribution in [0.25, 0.3) is 0 Å². The minimum absolute atomic E-state index is 0.0377. The van der Waals surface area contributed by atoms with Gasteiger partial charge in [-0.2, -0.15) is 11.8 Å². The Kier molecular flexibility index (Phi) is 3.63. The van der Waals surface area contributed by atoms with Crippen molar-refractivity contribution in [3.63, 3.8) is 0 Å². The lowest BCUT2D eigenvalue weighted by molar-refractivity contribution is 0.137. The Bertz CT molecular complexity index is 210. The van der Waals surface area contributed by atoms with Crippen LogP contribution in [-0.2, 0) is 0 Å².